The molecule has 3 heteroatoms. The van der Waals surface area contributed by atoms with Crippen molar-refractivity contribution in [3.8, 4) is 39.1 Å². The van der Waals surface area contributed by atoms with Crippen molar-refractivity contribution in [1.29, 1.82) is 0 Å². The highest BCUT2D eigenvalue weighted by molar-refractivity contribution is 6.14. The maximum Gasteiger partial charge on any atom is 0.135 e. The van der Waals surface area contributed by atoms with Crippen LogP contribution in [0.5, 0.6) is 0 Å². The second-order valence-electron chi connectivity index (χ2n) is 17.2. The largest absolute Gasteiger partial charge is 0.456 e. The van der Waals surface area contributed by atoms with E-state index in [9.17, 15) is 0 Å². The first-order valence-electron chi connectivity index (χ1n) is 22.1. The third-order valence-corrected chi connectivity index (χ3v) is 14.0. The highest BCUT2D eigenvalue weighted by atomic mass is 16.3. The molecule has 1 aliphatic carbocycles. The van der Waals surface area contributed by atoms with Gasteiger partial charge in [0.1, 0.15) is 11.2 Å². The van der Waals surface area contributed by atoms with E-state index in [1.807, 2.05) is 12.1 Å². The maximum atomic E-state index is 6.15. The Labute approximate surface area is 370 Å². The van der Waals surface area contributed by atoms with Crippen molar-refractivity contribution in [2.24, 2.45) is 0 Å². The van der Waals surface area contributed by atoms with Gasteiger partial charge in [0.2, 0.25) is 0 Å². The molecule has 12 aromatic rings. The summed E-state index contributed by atoms with van der Waals surface area (Å²) in [6.07, 6.45) is 0. The molecule has 0 unspecified atom stereocenters. The number of benzene rings is 10. The summed E-state index contributed by atoms with van der Waals surface area (Å²) in [6.45, 7) is 0. The smallest absolute Gasteiger partial charge is 0.135 e. The van der Waals surface area contributed by atoms with Crippen molar-refractivity contribution in [3.63, 3.8) is 0 Å². The Morgan fingerprint density at radius 2 is 0.938 bits per heavy atom. The van der Waals surface area contributed by atoms with Crippen molar-refractivity contribution in [1.82, 2.24) is 4.57 Å². The molecule has 0 fully saturated rings. The quantitative estimate of drug-likeness (QED) is 0.173. The van der Waals surface area contributed by atoms with Crippen molar-refractivity contribution in [3.05, 3.63) is 253 Å². The van der Waals surface area contributed by atoms with E-state index in [2.05, 4.69) is 228 Å². The fourth-order valence-corrected chi connectivity index (χ4v) is 11.3. The molecule has 2 aromatic heterocycles. The predicted octanol–water partition coefficient (Wildman–Crippen LogP) is 16.2. The molecular formula is C61H38N2O. The minimum absolute atomic E-state index is 0.507. The normalized spacial score (nSPS) is 13.1. The van der Waals surface area contributed by atoms with E-state index in [-0.39, 0.29) is 0 Å². The molecule has 3 nitrogen and oxygen atoms in total. The zero-order chi connectivity index (χ0) is 41.9. The van der Waals surface area contributed by atoms with Gasteiger partial charge in [0, 0.05) is 38.6 Å². The third kappa shape index (κ3) is 4.81. The lowest BCUT2D eigenvalue weighted by atomic mass is 9.65. The van der Waals surface area contributed by atoms with Gasteiger partial charge in [0.05, 0.1) is 22.1 Å². The molecule has 1 aliphatic heterocycles. The lowest BCUT2D eigenvalue weighted by Gasteiger charge is -2.40. The summed E-state index contributed by atoms with van der Waals surface area (Å²) in [5.41, 5.74) is 20.9. The van der Waals surface area contributed by atoms with E-state index >= 15 is 0 Å². The van der Waals surface area contributed by atoms with Crippen molar-refractivity contribution < 1.29 is 4.42 Å². The van der Waals surface area contributed by atoms with Gasteiger partial charge in [0.15, 0.2) is 0 Å². The first-order valence-corrected chi connectivity index (χ1v) is 22.1. The monoisotopic (exact) mass is 814 g/mol. The van der Waals surface area contributed by atoms with Crippen LogP contribution in [0.15, 0.2) is 235 Å². The van der Waals surface area contributed by atoms with Gasteiger partial charge >= 0.3 is 0 Å². The average molecular weight is 815 g/mol. The Bertz CT molecular complexity index is 3810. The molecule has 3 heterocycles. The second kappa shape index (κ2) is 13.3. The predicted molar refractivity (Wildman–Crippen MR) is 264 cm³/mol. The first-order chi connectivity index (χ1) is 31.7. The summed E-state index contributed by atoms with van der Waals surface area (Å²) in [4.78, 5) is 2.37. The average Bonchev–Trinajstić information content (AvgIpc) is 4.01. The standard InChI is InChI=1S/C61H38N2O/c1-2-16-43(17-3-1)62(44-32-29-39(30-33-44)41-31-34-59-50(36-41)49-22-7-13-28-58(49)64-59)45-18-14-15-40(35-45)42-37-51-48-21-6-11-26-56(48)63-57-27-12-10-25-54(57)61(55(38-42)60(51)63)52-23-8-4-19-46(52)47-20-5-9-24-53(47)61/h1-38H. The zero-order valence-electron chi connectivity index (χ0n) is 34.7. The molecule has 2 aliphatic rings. The Kier molecular flexibility index (Phi) is 7.32. The lowest BCUT2D eigenvalue weighted by molar-refractivity contribution is 0.669. The fraction of sp³-hybridized carbons (Fsp3) is 0.0164. The topological polar surface area (TPSA) is 21.3 Å². The number of nitrogens with zero attached hydrogens (tertiary/aromatic N) is 2. The summed E-state index contributed by atoms with van der Waals surface area (Å²) in [7, 11) is 0. The van der Waals surface area contributed by atoms with Gasteiger partial charge in [-0.2, -0.15) is 0 Å². The minimum Gasteiger partial charge on any atom is -0.456 e. The summed E-state index contributed by atoms with van der Waals surface area (Å²) in [5, 5.41) is 4.79. The number of para-hydroxylation sites is 4. The van der Waals surface area contributed by atoms with Crippen LogP contribution in [-0.2, 0) is 5.41 Å². The number of rotatable bonds is 5. The van der Waals surface area contributed by atoms with Crippen molar-refractivity contribution in [2.45, 2.75) is 5.41 Å². The number of hydrogen-bond donors (Lipinski definition) is 0. The van der Waals surface area contributed by atoms with Crippen LogP contribution >= 0.6 is 0 Å². The molecule has 0 N–H and O–H groups in total. The molecule has 14 rings (SSSR count). The van der Waals surface area contributed by atoms with E-state index in [0.717, 1.165) is 50.1 Å². The molecule has 0 bridgehead atoms. The lowest BCUT2D eigenvalue weighted by Crippen LogP contribution is -2.33. The van der Waals surface area contributed by atoms with Crippen LogP contribution in [0, 0.1) is 0 Å². The number of aromatic nitrogens is 1. The Morgan fingerprint density at radius 1 is 0.344 bits per heavy atom. The highest BCUT2D eigenvalue weighted by Gasteiger charge is 2.50. The van der Waals surface area contributed by atoms with Crippen LogP contribution < -0.4 is 4.90 Å². The Morgan fingerprint density at radius 3 is 1.75 bits per heavy atom. The van der Waals surface area contributed by atoms with Gasteiger partial charge in [-0.05, 0) is 134 Å². The molecule has 1 spiro atoms. The Balaban J connectivity index is 0.961. The summed E-state index contributed by atoms with van der Waals surface area (Å²) < 4.78 is 8.68. The van der Waals surface area contributed by atoms with Crippen LogP contribution in [0.25, 0.3) is 82.8 Å². The number of anilines is 3. The van der Waals surface area contributed by atoms with E-state index in [1.54, 1.807) is 0 Å². The molecule has 0 radical (unpaired) electrons. The highest BCUT2D eigenvalue weighted by Crippen LogP contribution is 2.61. The molecule has 0 atom stereocenters. The second-order valence-corrected chi connectivity index (χ2v) is 17.2. The van der Waals surface area contributed by atoms with Crippen molar-refractivity contribution >= 4 is 60.8 Å². The minimum atomic E-state index is -0.507. The summed E-state index contributed by atoms with van der Waals surface area (Å²) in [5.74, 6) is 0. The van der Waals surface area contributed by atoms with Gasteiger partial charge in [-0.1, -0.05) is 152 Å². The van der Waals surface area contributed by atoms with Crippen LogP contribution in [0.2, 0.25) is 0 Å². The first kappa shape index (κ1) is 35.2. The van der Waals surface area contributed by atoms with E-state index < -0.39 is 5.41 Å². The molecule has 298 valence electrons. The number of fused-ring (bicyclic) bond motifs is 15. The molecule has 10 aromatic carbocycles. The van der Waals surface area contributed by atoms with Crippen LogP contribution in [0.3, 0.4) is 0 Å². The van der Waals surface area contributed by atoms with E-state index in [4.69, 9.17) is 4.42 Å². The summed E-state index contributed by atoms with van der Waals surface area (Å²) >= 11 is 0. The van der Waals surface area contributed by atoms with Crippen LogP contribution in [0.4, 0.5) is 17.1 Å². The van der Waals surface area contributed by atoms with Gasteiger partial charge in [0.25, 0.3) is 0 Å². The fourth-order valence-electron chi connectivity index (χ4n) is 11.3. The molecule has 0 saturated carbocycles. The van der Waals surface area contributed by atoms with Gasteiger partial charge in [-0.25, -0.2) is 0 Å². The molecule has 0 saturated heterocycles. The van der Waals surface area contributed by atoms with Crippen LogP contribution in [-0.4, -0.2) is 4.57 Å². The molecule has 0 amide bonds. The SMILES string of the molecule is c1ccc(N(c2ccc(-c3ccc4oc5ccccc5c4c3)cc2)c2cccc(-c3cc4c5c(c3)c3ccccc3n5-c3ccccc3C43c4ccccc4-c4ccccc43)c2)cc1. The Hall–Kier alpha value is -8.40. The number of hydrogen-bond acceptors (Lipinski definition) is 2. The molecule has 64 heavy (non-hydrogen) atoms. The number of furan rings is 1. The van der Waals surface area contributed by atoms with E-state index in [0.29, 0.717) is 0 Å². The van der Waals surface area contributed by atoms with E-state index in [1.165, 1.54) is 72.0 Å². The van der Waals surface area contributed by atoms with Gasteiger partial charge in [-0.3, -0.25) is 0 Å². The van der Waals surface area contributed by atoms with Crippen molar-refractivity contribution in [2.75, 3.05) is 4.90 Å². The maximum absolute atomic E-state index is 6.15. The van der Waals surface area contributed by atoms with Gasteiger partial charge in [-0.15, -0.1) is 0 Å². The summed E-state index contributed by atoms with van der Waals surface area (Å²) in [6, 6.07) is 84.7. The van der Waals surface area contributed by atoms with Gasteiger partial charge < -0.3 is 13.9 Å². The zero-order valence-corrected chi connectivity index (χ0v) is 34.7. The third-order valence-electron chi connectivity index (χ3n) is 14.0. The molecular weight excluding hydrogens is 777 g/mol. The van der Waals surface area contributed by atoms with Crippen LogP contribution in [0.1, 0.15) is 22.3 Å².